The summed E-state index contributed by atoms with van der Waals surface area (Å²) in [7, 11) is 0. The SMILES string of the molecule is O=C(O)c1ncnnn1. The normalized spacial score (nSPS) is 8.89. The van der Waals surface area contributed by atoms with Crippen LogP contribution in [0.1, 0.15) is 10.6 Å². The molecule has 0 aromatic carbocycles. The molecule has 0 amide bonds. The molecule has 1 N–H and O–H groups in total. The highest BCUT2D eigenvalue weighted by Crippen LogP contribution is 1.79. The zero-order valence-corrected chi connectivity index (χ0v) is 4.22. The summed E-state index contributed by atoms with van der Waals surface area (Å²) in [6.45, 7) is 0. The summed E-state index contributed by atoms with van der Waals surface area (Å²) in [4.78, 5) is 13.3. The molecule has 0 fully saturated rings. The van der Waals surface area contributed by atoms with E-state index in [0.29, 0.717) is 0 Å². The van der Waals surface area contributed by atoms with Crippen LogP contribution in [0.3, 0.4) is 0 Å². The third-order valence-corrected chi connectivity index (χ3v) is 0.614. The quantitative estimate of drug-likeness (QED) is 0.517. The van der Waals surface area contributed by atoms with Crippen molar-refractivity contribution in [3.8, 4) is 0 Å². The molecule has 46 valence electrons. The van der Waals surface area contributed by atoms with E-state index in [2.05, 4.69) is 20.4 Å². The largest absolute Gasteiger partial charge is 0.475 e. The predicted molar refractivity (Wildman–Crippen MR) is 24.6 cm³/mol. The first-order valence-electron chi connectivity index (χ1n) is 2.04. The molecule has 0 atom stereocenters. The number of carboxylic acid groups (broad SMARTS) is 1. The molecule has 0 bridgehead atoms. The molecule has 1 heterocycles. The Morgan fingerprint density at radius 3 is 2.78 bits per heavy atom. The first kappa shape index (κ1) is 5.54. The van der Waals surface area contributed by atoms with Crippen molar-refractivity contribution in [3.63, 3.8) is 0 Å². The minimum absolute atomic E-state index is 0.343. The van der Waals surface area contributed by atoms with Crippen molar-refractivity contribution in [1.82, 2.24) is 20.4 Å². The molecule has 0 aliphatic heterocycles. The minimum Gasteiger partial charge on any atom is -0.475 e. The van der Waals surface area contributed by atoms with Gasteiger partial charge in [-0.3, -0.25) is 0 Å². The van der Waals surface area contributed by atoms with Gasteiger partial charge in [-0.2, -0.15) is 0 Å². The summed E-state index contributed by atoms with van der Waals surface area (Å²) in [6.07, 6.45) is 1.02. The second kappa shape index (κ2) is 2.12. The lowest BCUT2D eigenvalue weighted by Gasteiger charge is -1.83. The van der Waals surface area contributed by atoms with Gasteiger partial charge in [-0.1, -0.05) is 0 Å². The van der Waals surface area contributed by atoms with Gasteiger partial charge in [-0.25, -0.2) is 9.78 Å². The Bertz CT molecular complexity index is 210. The van der Waals surface area contributed by atoms with E-state index in [1.54, 1.807) is 0 Å². The minimum atomic E-state index is -1.20. The third kappa shape index (κ3) is 1.15. The maximum atomic E-state index is 10.0. The molecule has 1 aromatic rings. The maximum Gasteiger partial charge on any atom is 0.375 e. The molecule has 0 aliphatic rings. The lowest BCUT2D eigenvalue weighted by Crippen LogP contribution is -2.05. The summed E-state index contributed by atoms with van der Waals surface area (Å²) in [5.41, 5.74) is 0. The topological polar surface area (TPSA) is 88.9 Å². The second-order valence-electron chi connectivity index (χ2n) is 1.18. The zero-order chi connectivity index (χ0) is 6.69. The highest BCUT2D eigenvalue weighted by atomic mass is 16.4. The van der Waals surface area contributed by atoms with Gasteiger partial charge in [0.15, 0.2) is 0 Å². The van der Waals surface area contributed by atoms with Crippen molar-refractivity contribution in [3.05, 3.63) is 12.2 Å². The summed E-state index contributed by atoms with van der Waals surface area (Å²) < 4.78 is 0. The fraction of sp³-hybridized carbons (Fsp3) is 0. The standard InChI is InChI=1S/C3H2N4O2/c8-3(9)2-4-1-5-7-6-2/h1H,(H,8,9). The molecular formula is C3H2N4O2. The monoisotopic (exact) mass is 126 g/mol. The Labute approximate surface area is 49.6 Å². The van der Waals surface area contributed by atoms with Gasteiger partial charge in [0.25, 0.3) is 5.82 Å². The molecule has 0 spiro atoms. The summed E-state index contributed by atoms with van der Waals surface area (Å²) in [5.74, 6) is -1.55. The maximum absolute atomic E-state index is 10.0. The molecule has 0 saturated heterocycles. The van der Waals surface area contributed by atoms with Crippen LogP contribution < -0.4 is 0 Å². The molecule has 6 heteroatoms. The number of aromatic nitrogens is 4. The fourth-order valence-electron chi connectivity index (χ4n) is 0.296. The van der Waals surface area contributed by atoms with Gasteiger partial charge in [0.05, 0.1) is 0 Å². The summed E-state index contributed by atoms with van der Waals surface area (Å²) >= 11 is 0. The number of aromatic carboxylic acids is 1. The average Bonchev–Trinajstić information content (AvgIpc) is 1.90. The van der Waals surface area contributed by atoms with Crippen molar-refractivity contribution in [1.29, 1.82) is 0 Å². The number of nitrogens with zero attached hydrogens (tertiary/aromatic N) is 4. The van der Waals surface area contributed by atoms with Crippen LogP contribution in [0.25, 0.3) is 0 Å². The van der Waals surface area contributed by atoms with Crippen LogP contribution in [0.15, 0.2) is 6.33 Å². The Morgan fingerprint density at radius 1 is 1.67 bits per heavy atom. The van der Waals surface area contributed by atoms with E-state index in [1.807, 2.05) is 0 Å². The van der Waals surface area contributed by atoms with Gasteiger partial charge in [0.2, 0.25) is 0 Å². The lowest BCUT2D eigenvalue weighted by molar-refractivity contribution is 0.0681. The highest BCUT2D eigenvalue weighted by molar-refractivity contribution is 5.82. The molecule has 9 heavy (non-hydrogen) atoms. The fourth-order valence-corrected chi connectivity index (χ4v) is 0.296. The van der Waals surface area contributed by atoms with Crippen LogP contribution in [0.2, 0.25) is 0 Å². The number of carboxylic acids is 1. The summed E-state index contributed by atoms with van der Waals surface area (Å²) in [5, 5.41) is 17.6. The van der Waals surface area contributed by atoms with Crippen LogP contribution in [0.5, 0.6) is 0 Å². The second-order valence-corrected chi connectivity index (χ2v) is 1.18. The van der Waals surface area contributed by atoms with Gasteiger partial charge in [-0.15, -0.1) is 10.2 Å². The van der Waals surface area contributed by atoms with Gasteiger partial charge in [0, 0.05) is 0 Å². The van der Waals surface area contributed by atoms with Gasteiger partial charge >= 0.3 is 5.97 Å². The average molecular weight is 126 g/mol. The van der Waals surface area contributed by atoms with E-state index in [1.165, 1.54) is 0 Å². The lowest BCUT2D eigenvalue weighted by atomic mass is 10.6. The van der Waals surface area contributed by atoms with Crippen LogP contribution in [0, 0.1) is 0 Å². The summed E-state index contributed by atoms with van der Waals surface area (Å²) in [6, 6.07) is 0. The van der Waals surface area contributed by atoms with E-state index in [9.17, 15) is 4.79 Å². The zero-order valence-electron chi connectivity index (χ0n) is 4.22. The molecular weight excluding hydrogens is 124 g/mol. The Hall–Kier alpha value is -1.59. The van der Waals surface area contributed by atoms with E-state index < -0.39 is 5.97 Å². The van der Waals surface area contributed by atoms with Crippen LogP contribution in [-0.2, 0) is 0 Å². The van der Waals surface area contributed by atoms with Crippen molar-refractivity contribution < 1.29 is 9.90 Å². The van der Waals surface area contributed by atoms with Crippen LogP contribution in [0.4, 0.5) is 0 Å². The smallest absolute Gasteiger partial charge is 0.375 e. The number of carbonyl (C=O) groups is 1. The van der Waals surface area contributed by atoms with E-state index in [4.69, 9.17) is 5.11 Å². The molecule has 0 aliphatic carbocycles. The molecule has 0 saturated carbocycles. The molecule has 0 unspecified atom stereocenters. The van der Waals surface area contributed by atoms with E-state index in [-0.39, 0.29) is 5.82 Å². The molecule has 6 nitrogen and oxygen atoms in total. The molecule has 0 radical (unpaired) electrons. The van der Waals surface area contributed by atoms with Crippen molar-refractivity contribution in [2.75, 3.05) is 0 Å². The Kier molecular flexibility index (Phi) is 1.31. The first-order valence-corrected chi connectivity index (χ1v) is 2.04. The van der Waals surface area contributed by atoms with Crippen LogP contribution >= 0.6 is 0 Å². The van der Waals surface area contributed by atoms with Crippen LogP contribution in [-0.4, -0.2) is 31.5 Å². The van der Waals surface area contributed by atoms with Gasteiger partial charge < -0.3 is 5.11 Å². The van der Waals surface area contributed by atoms with Gasteiger partial charge in [0.1, 0.15) is 6.33 Å². The van der Waals surface area contributed by atoms with E-state index >= 15 is 0 Å². The highest BCUT2D eigenvalue weighted by Gasteiger charge is 2.03. The molecule has 1 aromatic heterocycles. The first-order chi connectivity index (χ1) is 4.30. The van der Waals surface area contributed by atoms with Crippen molar-refractivity contribution >= 4 is 5.97 Å². The number of hydrogen-bond acceptors (Lipinski definition) is 5. The molecule has 1 rings (SSSR count). The Balaban J connectivity index is 2.98. The van der Waals surface area contributed by atoms with Crippen molar-refractivity contribution in [2.45, 2.75) is 0 Å². The van der Waals surface area contributed by atoms with Gasteiger partial charge in [-0.05, 0) is 5.21 Å². The number of rotatable bonds is 1. The predicted octanol–water partition coefficient (Wildman–Crippen LogP) is -1.04. The van der Waals surface area contributed by atoms with E-state index in [0.717, 1.165) is 6.33 Å². The van der Waals surface area contributed by atoms with Crippen molar-refractivity contribution in [2.24, 2.45) is 0 Å². The third-order valence-electron chi connectivity index (χ3n) is 0.614. The Morgan fingerprint density at radius 2 is 2.44 bits per heavy atom. The number of hydrogen-bond donors (Lipinski definition) is 1.